The molecular weight excluding hydrogens is 523 g/mol. The quantitative estimate of drug-likeness (QED) is 0.304. The highest BCUT2D eigenvalue weighted by Gasteiger charge is 2.29. The van der Waals surface area contributed by atoms with Crippen LogP contribution in [0.3, 0.4) is 0 Å². The number of amides is 1. The normalized spacial score (nSPS) is 17.1. The summed E-state index contributed by atoms with van der Waals surface area (Å²) < 4.78 is 28.8. The number of thiazole rings is 1. The number of piperidine rings is 1. The van der Waals surface area contributed by atoms with Crippen LogP contribution in [-0.4, -0.2) is 36.7 Å². The maximum absolute atomic E-state index is 13.3. The summed E-state index contributed by atoms with van der Waals surface area (Å²) in [5, 5.41) is 4.91. The van der Waals surface area contributed by atoms with Crippen LogP contribution in [0.15, 0.2) is 53.4 Å². The van der Waals surface area contributed by atoms with Gasteiger partial charge in [0, 0.05) is 29.1 Å². The lowest BCUT2D eigenvalue weighted by Gasteiger charge is -2.29. The van der Waals surface area contributed by atoms with Gasteiger partial charge >= 0.3 is 0 Å². The number of anilines is 1. The molecule has 1 saturated heterocycles. The van der Waals surface area contributed by atoms with E-state index in [0.717, 1.165) is 64.3 Å². The van der Waals surface area contributed by atoms with E-state index in [2.05, 4.69) is 18.3 Å². The summed E-state index contributed by atoms with van der Waals surface area (Å²) in [6.07, 6.45) is 6.07. The Bertz CT molecular complexity index is 1530. The van der Waals surface area contributed by atoms with E-state index in [1.54, 1.807) is 51.2 Å². The Morgan fingerprint density at radius 2 is 1.73 bits per heavy atom. The first-order valence-electron chi connectivity index (χ1n) is 12.8. The minimum Gasteiger partial charge on any atom is -0.313 e. The molecule has 1 fully saturated rings. The van der Waals surface area contributed by atoms with Gasteiger partial charge in [0.05, 0.1) is 15.1 Å². The maximum atomic E-state index is 13.3. The first-order chi connectivity index (χ1) is 17.9. The summed E-state index contributed by atoms with van der Waals surface area (Å²) in [7, 11) is -3.55. The molecule has 192 valence electrons. The van der Waals surface area contributed by atoms with Gasteiger partial charge < -0.3 is 5.32 Å². The van der Waals surface area contributed by atoms with Crippen LogP contribution in [0, 0.1) is 5.92 Å². The summed E-state index contributed by atoms with van der Waals surface area (Å²) in [5.41, 5.74) is 3.76. The second-order valence-corrected chi connectivity index (χ2v) is 14.0. The number of thiophene rings is 1. The van der Waals surface area contributed by atoms with Gasteiger partial charge in [-0.1, -0.05) is 19.1 Å². The Hall–Kier alpha value is -2.59. The van der Waals surface area contributed by atoms with Crippen molar-refractivity contribution in [3.63, 3.8) is 0 Å². The molecule has 0 bridgehead atoms. The molecule has 0 saturated carbocycles. The Balaban J connectivity index is 1.27. The molecule has 1 aliphatic carbocycles. The summed E-state index contributed by atoms with van der Waals surface area (Å²) >= 11 is 3.30. The van der Waals surface area contributed by atoms with Crippen LogP contribution in [-0.2, 0) is 22.9 Å². The molecule has 3 heterocycles. The van der Waals surface area contributed by atoms with Gasteiger partial charge in [0.15, 0.2) is 0 Å². The van der Waals surface area contributed by atoms with Crippen molar-refractivity contribution in [3.8, 4) is 10.6 Å². The van der Waals surface area contributed by atoms with E-state index in [0.29, 0.717) is 24.6 Å². The van der Waals surface area contributed by atoms with Crippen molar-refractivity contribution in [2.75, 3.05) is 18.4 Å². The van der Waals surface area contributed by atoms with Crippen LogP contribution < -0.4 is 5.32 Å². The average molecular weight is 552 g/mol. The molecule has 2 aliphatic rings. The zero-order chi connectivity index (χ0) is 25.6. The van der Waals surface area contributed by atoms with Gasteiger partial charge in [0.25, 0.3) is 5.91 Å². The highest BCUT2D eigenvalue weighted by Crippen LogP contribution is 2.46. The van der Waals surface area contributed by atoms with Gasteiger partial charge in [-0.05, 0) is 86.4 Å². The van der Waals surface area contributed by atoms with E-state index in [4.69, 9.17) is 4.98 Å². The third-order valence-corrected chi connectivity index (χ3v) is 11.6. The Morgan fingerprint density at radius 1 is 1.00 bits per heavy atom. The van der Waals surface area contributed by atoms with Crippen molar-refractivity contribution >= 4 is 53.8 Å². The van der Waals surface area contributed by atoms with Crippen LogP contribution in [0.25, 0.3) is 20.8 Å². The molecule has 2 aromatic carbocycles. The lowest BCUT2D eigenvalue weighted by Crippen LogP contribution is -2.37. The summed E-state index contributed by atoms with van der Waals surface area (Å²) in [6.45, 7) is 3.25. The number of sulfonamides is 1. The molecule has 0 unspecified atom stereocenters. The summed E-state index contributed by atoms with van der Waals surface area (Å²) in [5.74, 6) is 0.310. The van der Waals surface area contributed by atoms with Crippen molar-refractivity contribution in [1.29, 1.82) is 0 Å². The van der Waals surface area contributed by atoms with Crippen molar-refractivity contribution in [1.82, 2.24) is 9.29 Å². The number of hydrogen-bond acceptors (Lipinski definition) is 6. The highest BCUT2D eigenvalue weighted by molar-refractivity contribution is 7.89. The molecule has 6 rings (SSSR count). The zero-order valence-corrected chi connectivity index (χ0v) is 23.1. The monoisotopic (exact) mass is 551 g/mol. The number of carbonyl (C=O) groups is 1. The Labute approximate surface area is 225 Å². The van der Waals surface area contributed by atoms with Gasteiger partial charge in [-0.15, -0.1) is 22.7 Å². The summed E-state index contributed by atoms with van der Waals surface area (Å²) in [4.78, 5) is 19.8. The van der Waals surface area contributed by atoms with Crippen LogP contribution in [0.2, 0.25) is 0 Å². The number of aryl methyl sites for hydroxylation is 1. The topological polar surface area (TPSA) is 79.4 Å². The minimum atomic E-state index is -3.55. The zero-order valence-electron chi connectivity index (χ0n) is 20.7. The lowest BCUT2D eigenvalue weighted by atomic mass is 9.95. The number of hydrogen-bond donors (Lipinski definition) is 1. The number of benzene rings is 2. The molecule has 1 aliphatic heterocycles. The lowest BCUT2D eigenvalue weighted by molar-refractivity contribution is 0.102. The molecule has 9 heteroatoms. The largest absolute Gasteiger partial charge is 0.313 e. The number of nitrogens with zero attached hydrogens (tertiary/aromatic N) is 2. The molecular formula is C28H29N3O3S3. The third-order valence-electron chi connectivity index (χ3n) is 7.40. The smallest absolute Gasteiger partial charge is 0.256 e. The van der Waals surface area contributed by atoms with Crippen molar-refractivity contribution in [3.05, 3.63) is 64.5 Å². The molecule has 0 spiro atoms. The molecule has 0 atom stereocenters. The second-order valence-electron chi connectivity index (χ2n) is 9.97. The number of rotatable bonds is 5. The standard InChI is InChI=1S/C28H29N3O3S3/c1-18-14-16-31(17-15-18)37(33,34)20-12-10-19(11-13-20)26(32)30-28-25(21-6-2-4-8-23(21)35-28)27-29-22-7-3-5-9-24(22)36-27/h3,5,7,9-13,18H,2,4,6,8,14-17H2,1H3,(H,30,32). The number of para-hydroxylation sites is 1. The van der Waals surface area contributed by atoms with E-state index in [1.165, 1.54) is 10.4 Å². The molecule has 1 N–H and O–H groups in total. The van der Waals surface area contributed by atoms with E-state index in [9.17, 15) is 13.2 Å². The number of carbonyl (C=O) groups excluding carboxylic acids is 1. The van der Waals surface area contributed by atoms with E-state index in [1.807, 2.05) is 18.2 Å². The third kappa shape index (κ3) is 4.74. The Kier molecular flexibility index (Phi) is 6.65. The predicted octanol–water partition coefficient (Wildman–Crippen LogP) is 6.58. The minimum absolute atomic E-state index is 0.236. The van der Waals surface area contributed by atoms with Gasteiger partial charge in [-0.3, -0.25) is 4.79 Å². The van der Waals surface area contributed by atoms with E-state index in [-0.39, 0.29) is 10.8 Å². The fourth-order valence-electron chi connectivity index (χ4n) is 5.19. The van der Waals surface area contributed by atoms with Crippen LogP contribution in [0.1, 0.15) is 53.4 Å². The Morgan fingerprint density at radius 3 is 2.49 bits per heavy atom. The van der Waals surface area contributed by atoms with Gasteiger partial charge in [0.2, 0.25) is 10.0 Å². The predicted molar refractivity (Wildman–Crippen MR) is 151 cm³/mol. The SMILES string of the molecule is CC1CCN(S(=O)(=O)c2ccc(C(=O)Nc3sc4c(c3-c3nc5ccccc5s3)CCCC4)cc2)CC1. The molecule has 0 radical (unpaired) electrons. The summed E-state index contributed by atoms with van der Waals surface area (Å²) in [6, 6.07) is 14.4. The second kappa shape index (κ2) is 9.94. The number of nitrogens with one attached hydrogen (secondary N) is 1. The molecule has 6 nitrogen and oxygen atoms in total. The molecule has 37 heavy (non-hydrogen) atoms. The molecule has 1 amide bonds. The van der Waals surface area contributed by atoms with Gasteiger partial charge in [-0.25, -0.2) is 13.4 Å². The van der Waals surface area contributed by atoms with Crippen molar-refractivity contribution in [2.45, 2.75) is 50.3 Å². The maximum Gasteiger partial charge on any atom is 0.256 e. The van der Waals surface area contributed by atoms with Crippen LogP contribution in [0.5, 0.6) is 0 Å². The first kappa shape index (κ1) is 24.7. The molecule has 2 aromatic heterocycles. The number of fused-ring (bicyclic) bond motifs is 2. The average Bonchev–Trinajstić information content (AvgIpc) is 3.49. The fraction of sp³-hybridized carbons (Fsp3) is 0.357. The van der Waals surface area contributed by atoms with Crippen LogP contribution in [0.4, 0.5) is 5.00 Å². The van der Waals surface area contributed by atoms with E-state index < -0.39 is 10.0 Å². The van der Waals surface area contributed by atoms with Crippen LogP contribution >= 0.6 is 22.7 Å². The van der Waals surface area contributed by atoms with Crippen molar-refractivity contribution < 1.29 is 13.2 Å². The van der Waals surface area contributed by atoms with Gasteiger partial charge in [0.1, 0.15) is 10.0 Å². The highest BCUT2D eigenvalue weighted by atomic mass is 32.2. The van der Waals surface area contributed by atoms with Gasteiger partial charge in [-0.2, -0.15) is 4.31 Å². The number of aromatic nitrogens is 1. The molecule has 4 aromatic rings. The first-order valence-corrected chi connectivity index (χ1v) is 15.9. The van der Waals surface area contributed by atoms with Crippen molar-refractivity contribution in [2.24, 2.45) is 5.92 Å². The van der Waals surface area contributed by atoms with E-state index >= 15 is 0 Å². The fourth-order valence-corrected chi connectivity index (χ4v) is 9.05.